The Kier molecular flexibility index (Phi) is 2.65. The fourth-order valence-corrected chi connectivity index (χ4v) is 1.07. The molecule has 0 bridgehead atoms. The number of hydrogen-bond acceptors (Lipinski definition) is 1. The molecule has 0 unspecified atom stereocenters. The predicted octanol–water partition coefficient (Wildman–Crippen LogP) is 1.96. The van der Waals surface area contributed by atoms with Crippen LogP contribution in [0.4, 0.5) is 4.39 Å². The Balaban J connectivity index is 2.89. The summed E-state index contributed by atoms with van der Waals surface area (Å²) < 4.78 is 12.6. The molecule has 0 atom stereocenters. The van der Waals surface area contributed by atoms with E-state index in [9.17, 15) is 4.39 Å². The van der Waals surface area contributed by atoms with Gasteiger partial charge in [-0.2, -0.15) is 0 Å². The van der Waals surface area contributed by atoms with Gasteiger partial charge in [0, 0.05) is 6.42 Å². The number of halogens is 2. The average molecular weight is 187 g/mol. The minimum absolute atomic E-state index is 0.0395. The lowest BCUT2D eigenvalue weighted by Crippen LogP contribution is -2.12. The Bertz CT molecular complexity index is 312. The maximum Gasteiger partial charge on any atom is 0.141 e. The normalized spacial score (nSPS) is 9.83. The van der Waals surface area contributed by atoms with Gasteiger partial charge in [-0.3, -0.25) is 5.41 Å². The van der Waals surface area contributed by atoms with E-state index in [-0.39, 0.29) is 10.9 Å². The second-order valence-electron chi connectivity index (χ2n) is 2.45. The number of amidine groups is 1. The molecule has 3 N–H and O–H groups in total. The van der Waals surface area contributed by atoms with E-state index >= 15 is 0 Å². The van der Waals surface area contributed by atoms with Crippen LogP contribution < -0.4 is 5.73 Å². The molecule has 0 amide bonds. The molecule has 4 heteroatoms. The second kappa shape index (κ2) is 3.54. The molecular weight excluding hydrogens is 179 g/mol. The van der Waals surface area contributed by atoms with Gasteiger partial charge in [0.1, 0.15) is 5.82 Å². The molecule has 12 heavy (non-hydrogen) atoms. The second-order valence-corrected chi connectivity index (χ2v) is 2.86. The van der Waals surface area contributed by atoms with Crippen LogP contribution in [-0.4, -0.2) is 5.84 Å². The maximum absolute atomic E-state index is 12.6. The van der Waals surface area contributed by atoms with Crippen LogP contribution in [0.1, 0.15) is 5.56 Å². The van der Waals surface area contributed by atoms with Crippen molar-refractivity contribution in [2.24, 2.45) is 5.73 Å². The summed E-state index contributed by atoms with van der Waals surface area (Å²) in [5.41, 5.74) is 5.90. The van der Waals surface area contributed by atoms with Gasteiger partial charge in [0.05, 0.1) is 10.9 Å². The SMILES string of the molecule is N=C(N)Cc1ccc(F)c(Cl)c1. The average Bonchev–Trinajstić information content (AvgIpc) is 1.96. The highest BCUT2D eigenvalue weighted by atomic mass is 35.5. The first-order chi connectivity index (χ1) is 5.59. The highest BCUT2D eigenvalue weighted by Gasteiger charge is 2.01. The van der Waals surface area contributed by atoms with E-state index in [4.69, 9.17) is 22.7 Å². The van der Waals surface area contributed by atoms with Crippen LogP contribution in [0.15, 0.2) is 18.2 Å². The van der Waals surface area contributed by atoms with Crippen molar-refractivity contribution in [3.8, 4) is 0 Å². The lowest BCUT2D eigenvalue weighted by atomic mass is 10.1. The molecule has 0 saturated carbocycles. The van der Waals surface area contributed by atoms with Gasteiger partial charge in [0.15, 0.2) is 0 Å². The van der Waals surface area contributed by atoms with Crippen molar-refractivity contribution in [1.82, 2.24) is 0 Å². The minimum Gasteiger partial charge on any atom is -0.387 e. The van der Waals surface area contributed by atoms with Gasteiger partial charge in [0.2, 0.25) is 0 Å². The van der Waals surface area contributed by atoms with E-state index in [0.29, 0.717) is 6.42 Å². The van der Waals surface area contributed by atoms with E-state index in [2.05, 4.69) is 0 Å². The van der Waals surface area contributed by atoms with Crippen molar-refractivity contribution < 1.29 is 4.39 Å². The fourth-order valence-electron chi connectivity index (χ4n) is 0.870. The van der Waals surface area contributed by atoms with Gasteiger partial charge in [0.25, 0.3) is 0 Å². The molecule has 1 aromatic carbocycles. The summed E-state index contributed by atoms with van der Waals surface area (Å²) in [5.74, 6) is -0.415. The molecule has 0 heterocycles. The quantitative estimate of drug-likeness (QED) is 0.539. The van der Waals surface area contributed by atoms with Gasteiger partial charge in [-0.1, -0.05) is 17.7 Å². The van der Waals surface area contributed by atoms with E-state index in [0.717, 1.165) is 5.56 Å². The maximum atomic E-state index is 12.6. The van der Waals surface area contributed by atoms with Crippen LogP contribution in [0.2, 0.25) is 5.02 Å². The summed E-state index contributed by atoms with van der Waals surface area (Å²) in [5, 5.41) is 7.06. The Morgan fingerprint density at radius 3 is 2.75 bits per heavy atom. The first-order valence-corrected chi connectivity index (χ1v) is 3.74. The van der Waals surface area contributed by atoms with Crippen LogP contribution in [0.5, 0.6) is 0 Å². The Morgan fingerprint density at radius 1 is 1.58 bits per heavy atom. The molecule has 0 aliphatic heterocycles. The molecule has 0 radical (unpaired) electrons. The first-order valence-electron chi connectivity index (χ1n) is 3.36. The van der Waals surface area contributed by atoms with Crippen LogP contribution >= 0.6 is 11.6 Å². The molecule has 1 rings (SSSR count). The third-order valence-corrected chi connectivity index (χ3v) is 1.67. The zero-order chi connectivity index (χ0) is 9.14. The summed E-state index contributed by atoms with van der Waals surface area (Å²) in [4.78, 5) is 0. The standard InChI is InChI=1S/C8H8ClFN2/c9-6-3-5(4-8(11)12)1-2-7(6)10/h1-3H,4H2,(H3,11,12). The third kappa shape index (κ3) is 2.20. The van der Waals surface area contributed by atoms with Gasteiger partial charge >= 0.3 is 0 Å². The molecular formula is C8H8ClFN2. The van der Waals surface area contributed by atoms with E-state index in [1.54, 1.807) is 6.07 Å². The highest BCUT2D eigenvalue weighted by Crippen LogP contribution is 2.15. The molecule has 0 spiro atoms. The highest BCUT2D eigenvalue weighted by molar-refractivity contribution is 6.30. The van der Waals surface area contributed by atoms with Crippen LogP contribution in [-0.2, 0) is 6.42 Å². The third-order valence-electron chi connectivity index (χ3n) is 1.38. The first kappa shape index (κ1) is 9.00. The summed E-state index contributed by atoms with van der Waals surface area (Å²) in [6.07, 6.45) is 0.306. The minimum atomic E-state index is -0.455. The lowest BCUT2D eigenvalue weighted by molar-refractivity contribution is 0.627. The molecule has 0 saturated heterocycles. The van der Waals surface area contributed by atoms with Gasteiger partial charge < -0.3 is 5.73 Å². The lowest BCUT2D eigenvalue weighted by Gasteiger charge is -2.00. The molecule has 0 aromatic heterocycles. The Labute approximate surface area is 74.7 Å². The monoisotopic (exact) mass is 186 g/mol. The summed E-state index contributed by atoms with van der Waals surface area (Å²) >= 11 is 5.51. The van der Waals surface area contributed by atoms with Crippen molar-refractivity contribution in [2.75, 3.05) is 0 Å². The van der Waals surface area contributed by atoms with Gasteiger partial charge in [-0.25, -0.2) is 4.39 Å². The topological polar surface area (TPSA) is 49.9 Å². The van der Waals surface area contributed by atoms with Crippen molar-refractivity contribution in [2.45, 2.75) is 6.42 Å². The zero-order valence-corrected chi connectivity index (χ0v) is 7.03. The largest absolute Gasteiger partial charge is 0.387 e. The number of hydrogen-bond donors (Lipinski definition) is 2. The van der Waals surface area contributed by atoms with Gasteiger partial charge in [-0.15, -0.1) is 0 Å². The zero-order valence-electron chi connectivity index (χ0n) is 6.27. The number of benzene rings is 1. The van der Waals surface area contributed by atoms with Crippen LogP contribution in [0.25, 0.3) is 0 Å². The number of rotatable bonds is 2. The summed E-state index contributed by atoms with van der Waals surface area (Å²) in [6.45, 7) is 0. The summed E-state index contributed by atoms with van der Waals surface area (Å²) in [6, 6.07) is 4.29. The van der Waals surface area contributed by atoms with Crippen LogP contribution in [0, 0.1) is 11.2 Å². The van der Waals surface area contributed by atoms with Crippen molar-refractivity contribution in [1.29, 1.82) is 5.41 Å². The number of nitrogens with one attached hydrogen (secondary N) is 1. The predicted molar refractivity (Wildman–Crippen MR) is 47.0 cm³/mol. The number of nitrogens with two attached hydrogens (primary N) is 1. The molecule has 1 aromatic rings. The van der Waals surface area contributed by atoms with Crippen molar-refractivity contribution >= 4 is 17.4 Å². The summed E-state index contributed by atoms with van der Waals surface area (Å²) in [7, 11) is 0. The van der Waals surface area contributed by atoms with E-state index in [1.807, 2.05) is 0 Å². The van der Waals surface area contributed by atoms with E-state index < -0.39 is 5.82 Å². The fraction of sp³-hybridized carbons (Fsp3) is 0.125. The molecule has 0 aliphatic rings. The van der Waals surface area contributed by atoms with E-state index in [1.165, 1.54) is 12.1 Å². The molecule has 0 aliphatic carbocycles. The smallest absolute Gasteiger partial charge is 0.141 e. The van der Waals surface area contributed by atoms with Gasteiger partial charge in [-0.05, 0) is 17.7 Å². The van der Waals surface area contributed by atoms with Crippen LogP contribution in [0.3, 0.4) is 0 Å². The Hall–Kier alpha value is -1.09. The molecule has 64 valence electrons. The molecule has 0 fully saturated rings. The molecule has 2 nitrogen and oxygen atoms in total. The van der Waals surface area contributed by atoms with Crippen molar-refractivity contribution in [3.05, 3.63) is 34.6 Å². The Morgan fingerprint density at radius 2 is 2.25 bits per heavy atom. The van der Waals surface area contributed by atoms with Crippen molar-refractivity contribution in [3.63, 3.8) is 0 Å².